The number of carbonyl (C=O) groups excluding carboxylic acids is 2. The van der Waals surface area contributed by atoms with E-state index in [4.69, 9.17) is 9.84 Å². The average Bonchev–Trinajstić information content (AvgIpc) is 3.27. The lowest BCUT2D eigenvalue weighted by atomic mass is 10.1. The van der Waals surface area contributed by atoms with Gasteiger partial charge < -0.3 is 9.64 Å². The number of nitrogens with zero attached hydrogens (tertiary/aromatic N) is 3. The molecule has 0 N–H and O–H groups in total. The van der Waals surface area contributed by atoms with E-state index in [1.165, 1.54) is 6.92 Å². The Labute approximate surface area is 193 Å². The number of para-hydroxylation sites is 1. The van der Waals surface area contributed by atoms with E-state index in [9.17, 15) is 9.59 Å². The molecule has 6 nitrogen and oxygen atoms in total. The summed E-state index contributed by atoms with van der Waals surface area (Å²) < 4.78 is 7.46. The van der Waals surface area contributed by atoms with Crippen LogP contribution in [-0.4, -0.2) is 40.0 Å². The molecule has 1 amide bonds. The van der Waals surface area contributed by atoms with Crippen LogP contribution in [0.5, 0.6) is 5.75 Å². The van der Waals surface area contributed by atoms with Crippen molar-refractivity contribution >= 4 is 11.7 Å². The van der Waals surface area contributed by atoms with Gasteiger partial charge in [0, 0.05) is 36.5 Å². The predicted molar refractivity (Wildman–Crippen MR) is 127 cm³/mol. The third-order valence-corrected chi connectivity index (χ3v) is 5.31. The average molecular weight is 440 g/mol. The number of amides is 1. The first-order valence-corrected chi connectivity index (χ1v) is 10.7. The van der Waals surface area contributed by atoms with Gasteiger partial charge in [0.2, 0.25) is 0 Å². The molecule has 0 aliphatic carbocycles. The first-order valence-electron chi connectivity index (χ1n) is 10.7. The highest BCUT2D eigenvalue weighted by Crippen LogP contribution is 2.24. The number of Topliss-reactive ketones (excluding diaryl/α,β-unsaturated/α-hetero) is 1. The fourth-order valence-electron chi connectivity index (χ4n) is 3.46. The van der Waals surface area contributed by atoms with Crippen molar-refractivity contribution in [1.29, 1.82) is 0 Å². The molecule has 166 valence electrons. The summed E-state index contributed by atoms with van der Waals surface area (Å²) in [7, 11) is 1.75. The zero-order chi connectivity index (χ0) is 23.2. The summed E-state index contributed by atoms with van der Waals surface area (Å²) in [6.07, 6.45) is 1.96. The van der Waals surface area contributed by atoms with Crippen LogP contribution in [0.1, 0.15) is 22.8 Å². The van der Waals surface area contributed by atoms with Crippen LogP contribution in [0.15, 0.2) is 91.1 Å². The molecule has 0 aliphatic rings. The molecule has 6 heteroatoms. The Bertz CT molecular complexity index is 1230. The smallest absolute Gasteiger partial charge is 0.260 e. The standard InChI is InChI=1S/C27H25N3O3/c1-20(31)21-13-15-25(16-14-21)33-19-26(32)29(2)17-23-18-30(24-11-7-4-8-12-24)28-27(23)22-9-5-3-6-10-22/h3-16,18H,17,19H2,1-2H3. The number of hydrogen-bond donors (Lipinski definition) is 0. The second kappa shape index (κ2) is 9.96. The number of aromatic nitrogens is 2. The summed E-state index contributed by atoms with van der Waals surface area (Å²) in [4.78, 5) is 25.8. The number of ketones is 1. The summed E-state index contributed by atoms with van der Waals surface area (Å²) >= 11 is 0. The summed E-state index contributed by atoms with van der Waals surface area (Å²) in [5.41, 5.74) is 4.32. The lowest BCUT2D eigenvalue weighted by Gasteiger charge is -2.17. The molecule has 4 rings (SSSR count). The highest BCUT2D eigenvalue weighted by Gasteiger charge is 2.17. The van der Waals surface area contributed by atoms with Crippen LogP contribution >= 0.6 is 0 Å². The second-order valence-corrected chi connectivity index (χ2v) is 7.77. The van der Waals surface area contributed by atoms with Gasteiger partial charge in [0.05, 0.1) is 11.4 Å². The molecular weight excluding hydrogens is 414 g/mol. The second-order valence-electron chi connectivity index (χ2n) is 7.77. The van der Waals surface area contributed by atoms with E-state index in [0.717, 1.165) is 22.5 Å². The molecule has 0 aliphatic heterocycles. The molecular formula is C27H25N3O3. The van der Waals surface area contributed by atoms with E-state index in [-0.39, 0.29) is 18.3 Å². The van der Waals surface area contributed by atoms with Crippen molar-refractivity contribution in [2.75, 3.05) is 13.7 Å². The van der Waals surface area contributed by atoms with E-state index in [1.807, 2.05) is 71.5 Å². The van der Waals surface area contributed by atoms with Crippen molar-refractivity contribution in [3.63, 3.8) is 0 Å². The van der Waals surface area contributed by atoms with E-state index < -0.39 is 0 Å². The number of hydrogen-bond acceptors (Lipinski definition) is 4. The Morgan fingerprint density at radius 3 is 2.18 bits per heavy atom. The highest BCUT2D eigenvalue weighted by atomic mass is 16.5. The maximum Gasteiger partial charge on any atom is 0.260 e. The summed E-state index contributed by atoms with van der Waals surface area (Å²) in [6.45, 7) is 1.81. The molecule has 4 aromatic rings. The number of likely N-dealkylation sites (N-methyl/N-ethyl adjacent to an activating group) is 1. The van der Waals surface area contributed by atoms with Crippen molar-refractivity contribution in [3.8, 4) is 22.7 Å². The molecule has 0 spiro atoms. The molecule has 0 saturated heterocycles. The molecule has 1 aromatic heterocycles. The normalized spacial score (nSPS) is 10.6. The Morgan fingerprint density at radius 1 is 0.909 bits per heavy atom. The molecule has 0 fully saturated rings. The van der Waals surface area contributed by atoms with Crippen LogP contribution < -0.4 is 4.74 Å². The first-order chi connectivity index (χ1) is 16.0. The third kappa shape index (κ3) is 5.36. The van der Waals surface area contributed by atoms with Crippen molar-refractivity contribution < 1.29 is 14.3 Å². The van der Waals surface area contributed by atoms with Crippen molar-refractivity contribution in [1.82, 2.24) is 14.7 Å². The van der Waals surface area contributed by atoms with Gasteiger partial charge in [-0.05, 0) is 43.3 Å². The van der Waals surface area contributed by atoms with Crippen LogP contribution in [0.3, 0.4) is 0 Å². The quantitative estimate of drug-likeness (QED) is 0.371. The fourth-order valence-corrected chi connectivity index (χ4v) is 3.46. The minimum Gasteiger partial charge on any atom is -0.484 e. The largest absolute Gasteiger partial charge is 0.484 e. The summed E-state index contributed by atoms with van der Waals surface area (Å²) in [6, 6.07) is 26.6. The van der Waals surface area contributed by atoms with Gasteiger partial charge in [-0.25, -0.2) is 4.68 Å². The lowest BCUT2D eigenvalue weighted by Crippen LogP contribution is -2.31. The Hall–Kier alpha value is -4.19. The molecule has 0 unspecified atom stereocenters. The fraction of sp³-hybridized carbons (Fsp3) is 0.148. The molecule has 0 saturated carbocycles. The van der Waals surface area contributed by atoms with Crippen LogP contribution in [0.2, 0.25) is 0 Å². The van der Waals surface area contributed by atoms with Crippen LogP contribution in [-0.2, 0) is 11.3 Å². The van der Waals surface area contributed by atoms with E-state index in [2.05, 4.69) is 0 Å². The Morgan fingerprint density at radius 2 is 1.55 bits per heavy atom. The first kappa shape index (κ1) is 22.0. The highest BCUT2D eigenvalue weighted by molar-refractivity contribution is 5.94. The number of benzene rings is 3. The zero-order valence-electron chi connectivity index (χ0n) is 18.6. The van der Waals surface area contributed by atoms with E-state index in [0.29, 0.717) is 17.9 Å². The predicted octanol–water partition coefficient (Wildman–Crippen LogP) is 4.78. The van der Waals surface area contributed by atoms with Crippen molar-refractivity contribution in [2.45, 2.75) is 13.5 Å². The Balaban J connectivity index is 1.49. The molecule has 33 heavy (non-hydrogen) atoms. The topological polar surface area (TPSA) is 64.4 Å². The van der Waals surface area contributed by atoms with Gasteiger partial charge in [-0.15, -0.1) is 0 Å². The van der Waals surface area contributed by atoms with Gasteiger partial charge in [-0.3, -0.25) is 9.59 Å². The van der Waals surface area contributed by atoms with Gasteiger partial charge in [-0.1, -0.05) is 48.5 Å². The van der Waals surface area contributed by atoms with Crippen LogP contribution in [0.4, 0.5) is 0 Å². The van der Waals surface area contributed by atoms with Gasteiger partial charge >= 0.3 is 0 Å². The summed E-state index contributed by atoms with van der Waals surface area (Å²) in [5.74, 6) is 0.378. The maximum absolute atomic E-state index is 12.7. The maximum atomic E-state index is 12.7. The molecule has 0 atom stereocenters. The van der Waals surface area contributed by atoms with Gasteiger partial charge in [0.25, 0.3) is 5.91 Å². The van der Waals surface area contributed by atoms with Crippen LogP contribution in [0.25, 0.3) is 16.9 Å². The summed E-state index contributed by atoms with van der Waals surface area (Å²) in [5, 5.41) is 4.80. The number of carbonyl (C=O) groups is 2. The van der Waals surface area contributed by atoms with E-state index in [1.54, 1.807) is 36.2 Å². The minimum atomic E-state index is -0.155. The monoisotopic (exact) mass is 439 g/mol. The van der Waals surface area contributed by atoms with Gasteiger partial charge in [0.1, 0.15) is 5.75 Å². The molecule has 0 bridgehead atoms. The van der Waals surface area contributed by atoms with Gasteiger partial charge in [-0.2, -0.15) is 5.10 Å². The van der Waals surface area contributed by atoms with Crippen molar-refractivity contribution in [2.24, 2.45) is 0 Å². The Kier molecular flexibility index (Phi) is 6.64. The molecule has 1 heterocycles. The van der Waals surface area contributed by atoms with Crippen molar-refractivity contribution in [3.05, 3.63) is 102 Å². The SMILES string of the molecule is CC(=O)c1ccc(OCC(=O)N(C)Cc2cn(-c3ccccc3)nc2-c2ccccc2)cc1. The molecule has 3 aromatic carbocycles. The minimum absolute atomic E-state index is 0.0115. The number of ether oxygens (including phenoxy) is 1. The van der Waals surface area contributed by atoms with Gasteiger partial charge in [0.15, 0.2) is 12.4 Å². The third-order valence-electron chi connectivity index (χ3n) is 5.31. The lowest BCUT2D eigenvalue weighted by molar-refractivity contribution is -0.132. The number of rotatable bonds is 8. The molecule has 0 radical (unpaired) electrons. The van der Waals surface area contributed by atoms with E-state index >= 15 is 0 Å². The zero-order valence-corrected chi connectivity index (χ0v) is 18.6. The van der Waals surface area contributed by atoms with Crippen LogP contribution in [0, 0.1) is 0 Å².